The summed E-state index contributed by atoms with van der Waals surface area (Å²) in [5, 5.41) is 13.0. The molecule has 0 fully saturated rings. The summed E-state index contributed by atoms with van der Waals surface area (Å²) in [6.45, 7) is 0. The van der Waals surface area contributed by atoms with Crippen molar-refractivity contribution in [2.75, 3.05) is 0 Å². The fraction of sp³-hybridized carbons (Fsp3) is 0.0213. The van der Waals surface area contributed by atoms with E-state index in [1.165, 1.54) is 43.4 Å². The molecule has 0 aliphatic carbocycles. The predicted molar refractivity (Wildman–Crippen MR) is 215 cm³/mol. The second-order valence-corrected chi connectivity index (χ2v) is 13.5. The highest BCUT2D eigenvalue weighted by Crippen LogP contribution is 2.38. The van der Waals surface area contributed by atoms with Crippen LogP contribution in [0.5, 0.6) is 0 Å². The Kier molecular flexibility index (Phi) is 6.25. The molecule has 0 amide bonds. The summed E-state index contributed by atoms with van der Waals surface area (Å²) in [5.41, 5.74) is 8.05. The first-order chi connectivity index (χ1) is 25.7. The number of hydrogen-bond acceptors (Lipinski definition) is 4. The maximum absolute atomic E-state index is 6.53. The SMILES string of the molecule is c1ccc(C2=NC(c3cccc4oc5ccc(-n6c7ccccc7c7cc8ccccc8cc76)cc5c34)=NC(c3ccc4ccccc4c3)N2)cc1. The number of hydrogen-bond donors (Lipinski definition) is 1. The molecule has 11 rings (SSSR count). The molecule has 5 nitrogen and oxygen atoms in total. The molecule has 8 aromatic carbocycles. The van der Waals surface area contributed by atoms with Gasteiger partial charge in [0.1, 0.15) is 23.2 Å². The molecule has 52 heavy (non-hydrogen) atoms. The predicted octanol–water partition coefficient (Wildman–Crippen LogP) is 11.5. The Hall–Kier alpha value is -6.98. The number of aromatic nitrogens is 1. The molecule has 0 saturated carbocycles. The Bertz CT molecular complexity index is 3110. The molecule has 0 spiro atoms. The highest BCUT2D eigenvalue weighted by Gasteiger charge is 2.24. The van der Waals surface area contributed by atoms with E-state index in [1.807, 2.05) is 30.3 Å². The van der Waals surface area contributed by atoms with Crippen LogP contribution in [0, 0.1) is 0 Å². The van der Waals surface area contributed by atoms with Crippen LogP contribution in [0.2, 0.25) is 0 Å². The number of amidine groups is 2. The van der Waals surface area contributed by atoms with Crippen LogP contribution in [-0.4, -0.2) is 16.2 Å². The van der Waals surface area contributed by atoms with E-state index >= 15 is 0 Å². The summed E-state index contributed by atoms with van der Waals surface area (Å²) in [6, 6.07) is 59.8. The molecule has 1 aliphatic heterocycles. The van der Waals surface area contributed by atoms with Gasteiger partial charge >= 0.3 is 0 Å². The minimum atomic E-state index is -0.330. The Labute approximate surface area is 298 Å². The van der Waals surface area contributed by atoms with Gasteiger partial charge in [-0.15, -0.1) is 0 Å². The molecular formula is C47H30N4O. The van der Waals surface area contributed by atoms with Gasteiger partial charge in [-0.05, 0) is 75.6 Å². The molecule has 244 valence electrons. The van der Waals surface area contributed by atoms with E-state index in [-0.39, 0.29) is 6.17 Å². The van der Waals surface area contributed by atoms with E-state index in [4.69, 9.17) is 14.4 Å². The van der Waals surface area contributed by atoms with E-state index in [2.05, 4.69) is 149 Å². The van der Waals surface area contributed by atoms with Crippen LogP contribution >= 0.6 is 0 Å². The monoisotopic (exact) mass is 666 g/mol. The van der Waals surface area contributed by atoms with Crippen molar-refractivity contribution >= 4 is 77.0 Å². The molecule has 1 aliphatic rings. The van der Waals surface area contributed by atoms with E-state index in [0.29, 0.717) is 5.84 Å². The highest BCUT2D eigenvalue weighted by atomic mass is 16.3. The zero-order valence-electron chi connectivity index (χ0n) is 28.0. The second-order valence-electron chi connectivity index (χ2n) is 13.5. The minimum absolute atomic E-state index is 0.330. The van der Waals surface area contributed by atoms with Crippen molar-refractivity contribution in [3.05, 3.63) is 187 Å². The fourth-order valence-electron chi connectivity index (χ4n) is 7.93. The van der Waals surface area contributed by atoms with Gasteiger partial charge in [0.05, 0.1) is 11.0 Å². The third-order valence-corrected chi connectivity index (χ3v) is 10.4. The van der Waals surface area contributed by atoms with Gasteiger partial charge in [0.15, 0.2) is 5.84 Å². The Balaban J connectivity index is 1.13. The first-order valence-electron chi connectivity index (χ1n) is 17.6. The van der Waals surface area contributed by atoms with Crippen LogP contribution in [0.25, 0.3) is 71.0 Å². The lowest BCUT2D eigenvalue weighted by Gasteiger charge is -2.24. The number of rotatable bonds is 4. The van der Waals surface area contributed by atoms with Gasteiger partial charge in [0, 0.05) is 38.4 Å². The third kappa shape index (κ3) is 4.49. The Morgan fingerprint density at radius 3 is 2.13 bits per heavy atom. The minimum Gasteiger partial charge on any atom is -0.456 e. The first-order valence-corrected chi connectivity index (χ1v) is 17.6. The molecular weight excluding hydrogens is 637 g/mol. The van der Waals surface area contributed by atoms with E-state index in [1.54, 1.807) is 0 Å². The number of fused-ring (bicyclic) bond motifs is 8. The highest BCUT2D eigenvalue weighted by molar-refractivity contribution is 6.22. The second kappa shape index (κ2) is 11.3. The lowest BCUT2D eigenvalue weighted by molar-refractivity contribution is 0.668. The molecule has 5 heteroatoms. The largest absolute Gasteiger partial charge is 0.456 e. The number of aliphatic imine (C=N–C) groups is 2. The average Bonchev–Trinajstić information content (AvgIpc) is 3.75. The van der Waals surface area contributed by atoms with Crippen LogP contribution in [0.1, 0.15) is 22.9 Å². The average molecular weight is 667 g/mol. The zero-order valence-corrected chi connectivity index (χ0v) is 28.0. The van der Waals surface area contributed by atoms with Gasteiger partial charge in [-0.25, -0.2) is 9.98 Å². The maximum atomic E-state index is 6.53. The normalized spacial score (nSPS) is 14.7. The Morgan fingerprint density at radius 1 is 0.519 bits per heavy atom. The molecule has 1 atom stereocenters. The summed E-state index contributed by atoms with van der Waals surface area (Å²) >= 11 is 0. The van der Waals surface area contributed by atoms with Crippen LogP contribution in [0.4, 0.5) is 0 Å². The smallest absolute Gasteiger partial charge is 0.160 e. The topological polar surface area (TPSA) is 54.8 Å². The third-order valence-electron chi connectivity index (χ3n) is 10.4. The van der Waals surface area contributed by atoms with Crippen molar-refractivity contribution in [1.82, 2.24) is 9.88 Å². The van der Waals surface area contributed by atoms with Gasteiger partial charge in [-0.3, -0.25) is 0 Å². The van der Waals surface area contributed by atoms with Gasteiger partial charge in [0.2, 0.25) is 0 Å². The van der Waals surface area contributed by atoms with Crippen molar-refractivity contribution in [1.29, 1.82) is 0 Å². The zero-order chi connectivity index (χ0) is 34.2. The number of nitrogens with zero attached hydrogens (tertiary/aromatic N) is 3. The lowest BCUT2D eigenvalue weighted by Crippen LogP contribution is -2.33. The van der Waals surface area contributed by atoms with Gasteiger partial charge in [-0.2, -0.15) is 0 Å². The van der Waals surface area contributed by atoms with E-state index < -0.39 is 0 Å². The quantitative estimate of drug-likeness (QED) is 0.203. The van der Waals surface area contributed by atoms with Crippen LogP contribution in [0.15, 0.2) is 184 Å². The maximum Gasteiger partial charge on any atom is 0.160 e. The summed E-state index contributed by atoms with van der Waals surface area (Å²) in [6.07, 6.45) is -0.330. The van der Waals surface area contributed by atoms with E-state index in [9.17, 15) is 0 Å². The molecule has 1 N–H and O–H groups in total. The molecule has 0 saturated heterocycles. The number of furan rings is 1. The van der Waals surface area contributed by atoms with Gasteiger partial charge in [0.25, 0.3) is 0 Å². The molecule has 1 unspecified atom stereocenters. The Morgan fingerprint density at radius 2 is 1.27 bits per heavy atom. The molecule has 3 heterocycles. The fourth-order valence-corrected chi connectivity index (χ4v) is 7.93. The van der Waals surface area contributed by atoms with Crippen LogP contribution in [-0.2, 0) is 0 Å². The van der Waals surface area contributed by atoms with Gasteiger partial charge in [-0.1, -0.05) is 121 Å². The summed E-state index contributed by atoms with van der Waals surface area (Å²) in [4.78, 5) is 10.5. The standard InChI is InChI=1S/C47H30N4O/c1-2-12-30(13-3-1)45-48-46(34-22-21-29-11-4-5-14-31(29)25-34)50-47(49-45)37-18-10-20-43-44(37)39-28-35(23-24-42(39)52-43)51-40-19-9-8-17-36(40)38-26-32-15-6-7-16-33(32)27-41(38)51/h1-28,46H,(H,48,49,50). The lowest BCUT2D eigenvalue weighted by atomic mass is 10.0. The molecule has 0 radical (unpaired) electrons. The summed E-state index contributed by atoms with van der Waals surface area (Å²) < 4.78 is 8.91. The van der Waals surface area contributed by atoms with Crippen molar-refractivity contribution in [2.24, 2.45) is 9.98 Å². The van der Waals surface area contributed by atoms with Crippen molar-refractivity contribution < 1.29 is 4.42 Å². The van der Waals surface area contributed by atoms with Crippen LogP contribution < -0.4 is 5.32 Å². The molecule has 10 aromatic rings. The van der Waals surface area contributed by atoms with E-state index in [0.717, 1.165) is 50.2 Å². The first kappa shape index (κ1) is 28.8. The van der Waals surface area contributed by atoms with Crippen molar-refractivity contribution in [2.45, 2.75) is 6.17 Å². The number of para-hydroxylation sites is 1. The number of benzene rings is 8. The van der Waals surface area contributed by atoms with Crippen molar-refractivity contribution in [3.63, 3.8) is 0 Å². The van der Waals surface area contributed by atoms with Crippen molar-refractivity contribution in [3.8, 4) is 5.69 Å². The van der Waals surface area contributed by atoms with Gasteiger partial charge < -0.3 is 14.3 Å². The molecule has 0 bridgehead atoms. The summed E-state index contributed by atoms with van der Waals surface area (Å²) in [5.74, 6) is 1.45. The number of nitrogens with one attached hydrogen (secondary N) is 1. The molecule has 2 aromatic heterocycles. The van der Waals surface area contributed by atoms with Crippen LogP contribution in [0.3, 0.4) is 0 Å². The summed E-state index contributed by atoms with van der Waals surface area (Å²) in [7, 11) is 0.